The molecule has 0 aliphatic rings. The first-order valence-electron chi connectivity index (χ1n) is 8.20. The van der Waals surface area contributed by atoms with Crippen LogP contribution in [0, 0.1) is 11.6 Å². The lowest BCUT2D eigenvalue weighted by molar-refractivity contribution is -0.120. The van der Waals surface area contributed by atoms with Gasteiger partial charge in [-0.3, -0.25) is 4.79 Å². The number of benzene rings is 2. The number of nitrogens with zero attached hydrogens (tertiary/aromatic N) is 2. The van der Waals surface area contributed by atoms with E-state index >= 15 is 0 Å². The Balaban J connectivity index is 1.55. The molecular formula is C20H17F2N3O. The number of hydrogen-bond donors (Lipinski definition) is 1. The average Bonchev–Trinajstić information content (AvgIpc) is 2.66. The molecule has 4 nitrogen and oxygen atoms in total. The zero-order chi connectivity index (χ0) is 18.4. The highest BCUT2D eigenvalue weighted by molar-refractivity contribution is 5.78. The van der Waals surface area contributed by atoms with Gasteiger partial charge in [0.05, 0.1) is 12.1 Å². The van der Waals surface area contributed by atoms with Crippen LogP contribution in [0.1, 0.15) is 11.4 Å². The van der Waals surface area contributed by atoms with Crippen LogP contribution < -0.4 is 5.32 Å². The summed E-state index contributed by atoms with van der Waals surface area (Å²) in [6.45, 7) is 0.314. The van der Waals surface area contributed by atoms with Crippen LogP contribution in [0.5, 0.6) is 0 Å². The predicted molar refractivity (Wildman–Crippen MR) is 94.2 cm³/mol. The molecule has 0 bridgehead atoms. The van der Waals surface area contributed by atoms with E-state index in [9.17, 15) is 13.6 Å². The summed E-state index contributed by atoms with van der Waals surface area (Å²) in [4.78, 5) is 20.6. The van der Waals surface area contributed by atoms with Crippen molar-refractivity contribution >= 4 is 5.91 Å². The molecule has 3 aromatic rings. The summed E-state index contributed by atoms with van der Waals surface area (Å²) in [6, 6.07) is 15.3. The van der Waals surface area contributed by atoms with Gasteiger partial charge in [-0.15, -0.1) is 0 Å². The third-order valence-electron chi connectivity index (χ3n) is 3.83. The van der Waals surface area contributed by atoms with Crippen molar-refractivity contribution in [2.45, 2.75) is 12.8 Å². The monoisotopic (exact) mass is 353 g/mol. The molecule has 1 amide bonds. The van der Waals surface area contributed by atoms with Gasteiger partial charge in [0.1, 0.15) is 5.82 Å². The van der Waals surface area contributed by atoms with Gasteiger partial charge in [-0.05, 0) is 12.1 Å². The van der Waals surface area contributed by atoms with Crippen molar-refractivity contribution in [3.05, 3.63) is 83.8 Å². The third-order valence-corrected chi connectivity index (χ3v) is 3.83. The molecular weight excluding hydrogens is 336 g/mol. The van der Waals surface area contributed by atoms with Gasteiger partial charge < -0.3 is 5.32 Å². The van der Waals surface area contributed by atoms with Gasteiger partial charge in [0.2, 0.25) is 5.91 Å². The van der Waals surface area contributed by atoms with Crippen LogP contribution >= 0.6 is 0 Å². The van der Waals surface area contributed by atoms with E-state index in [-0.39, 0.29) is 17.9 Å². The maximum Gasteiger partial charge on any atom is 0.224 e. The summed E-state index contributed by atoms with van der Waals surface area (Å²) in [7, 11) is 0. The topological polar surface area (TPSA) is 54.9 Å². The molecule has 0 radical (unpaired) electrons. The minimum atomic E-state index is -0.985. The largest absolute Gasteiger partial charge is 0.355 e. The fourth-order valence-corrected chi connectivity index (χ4v) is 2.52. The molecule has 0 fully saturated rings. The number of amides is 1. The van der Waals surface area contributed by atoms with Crippen LogP contribution in [-0.4, -0.2) is 22.4 Å². The van der Waals surface area contributed by atoms with Crippen molar-refractivity contribution in [2.75, 3.05) is 6.54 Å². The van der Waals surface area contributed by atoms with E-state index in [1.165, 1.54) is 12.1 Å². The number of carbonyl (C=O) groups excluding carboxylic acids is 1. The van der Waals surface area contributed by atoms with E-state index in [2.05, 4.69) is 15.3 Å². The van der Waals surface area contributed by atoms with Gasteiger partial charge in [-0.1, -0.05) is 42.5 Å². The first kappa shape index (κ1) is 17.7. The molecule has 1 heterocycles. The summed E-state index contributed by atoms with van der Waals surface area (Å²) in [6.07, 6.45) is 1.90. The number of halogens is 2. The number of rotatable bonds is 6. The van der Waals surface area contributed by atoms with E-state index in [0.717, 1.165) is 17.3 Å². The Morgan fingerprint density at radius 2 is 1.81 bits per heavy atom. The molecule has 26 heavy (non-hydrogen) atoms. The van der Waals surface area contributed by atoms with Gasteiger partial charge in [0.15, 0.2) is 11.6 Å². The molecule has 0 spiro atoms. The van der Waals surface area contributed by atoms with Crippen molar-refractivity contribution < 1.29 is 13.6 Å². The summed E-state index contributed by atoms with van der Waals surface area (Å²) < 4.78 is 26.7. The zero-order valence-corrected chi connectivity index (χ0v) is 14.0. The molecule has 0 unspecified atom stereocenters. The van der Waals surface area contributed by atoms with Crippen LogP contribution in [0.25, 0.3) is 11.3 Å². The van der Waals surface area contributed by atoms with Gasteiger partial charge in [0.25, 0.3) is 0 Å². The Bertz CT molecular complexity index is 901. The summed E-state index contributed by atoms with van der Waals surface area (Å²) in [5.74, 6) is -1.72. The lowest BCUT2D eigenvalue weighted by Gasteiger charge is -2.07. The van der Waals surface area contributed by atoms with Crippen LogP contribution in [0.15, 0.2) is 60.8 Å². The van der Waals surface area contributed by atoms with Crippen molar-refractivity contribution in [1.29, 1.82) is 0 Å². The Morgan fingerprint density at radius 1 is 1.00 bits per heavy atom. The minimum absolute atomic E-state index is 0.0322. The first-order valence-corrected chi connectivity index (χ1v) is 8.20. The normalized spacial score (nSPS) is 10.5. The minimum Gasteiger partial charge on any atom is -0.355 e. The third kappa shape index (κ3) is 4.47. The number of aromatic nitrogens is 2. The van der Waals surface area contributed by atoms with Crippen LogP contribution in [0.4, 0.5) is 8.78 Å². The van der Waals surface area contributed by atoms with Crippen molar-refractivity contribution in [3.63, 3.8) is 0 Å². The number of hydrogen-bond acceptors (Lipinski definition) is 3. The first-order chi connectivity index (χ1) is 12.6. The molecule has 3 rings (SSSR count). The summed E-state index contributed by atoms with van der Waals surface area (Å²) >= 11 is 0. The smallest absolute Gasteiger partial charge is 0.224 e. The Labute approximate surface area is 149 Å². The highest BCUT2D eigenvalue weighted by atomic mass is 19.2. The second-order valence-electron chi connectivity index (χ2n) is 5.71. The maximum atomic E-state index is 13.6. The molecule has 0 saturated heterocycles. The van der Waals surface area contributed by atoms with Crippen LogP contribution in [0.3, 0.4) is 0 Å². The van der Waals surface area contributed by atoms with Crippen molar-refractivity contribution in [1.82, 2.24) is 15.3 Å². The maximum absolute atomic E-state index is 13.6. The molecule has 6 heteroatoms. The highest BCUT2D eigenvalue weighted by Crippen LogP contribution is 2.15. The average molecular weight is 353 g/mol. The summed E-state index contributed by atoms with van der Waals surface area (Å²) in [5.41, 5.74) is 1.83. The number of carbonyl (C=O) groups is 1. The highest BCUT2D eigenvalue weighted by Gasteiger charge is 2.11. The molecule has 1 N–H and O–H groups in total. The zero-order valence-electron chi connectivity index (χ0n) is 14.0. The Kier molecular flexibility index (Phi) is 5.63. The Morgan fingerprint density at radius 3 is 2.62 bits per heavy atom. The molecule has 0 aliphatic heterocycles. The van der Waals surface area contributed by atoms with Gasteiger partial charge in [-0.2, -0.15) is 0 Å². The van der Waals surface area contributed by atoms with E-state index < -0.39 is 11.6 Å². The quantitative estimate of drug-likeness (QED) is 0.740. The second kappa shape index (κ2) is 8.29. The van der Waals surface area contributed by atoms with Gasteiger partial charge in [0, 0.05) is 30.3 Å². The molecule has 1 aromatic heterocycles. The van der Waals surface area contributed by atoms with E-state index in [4.69, 9.17) is 0 Å². The van der Waals surface area contributed by atoms with Gasteiger partial charge >= 0.3 is 0 Å². The predicted octanol–water partition coefficient (Wildman–Crippen LogP) is 3.32. The van der Waals surface area contributed by atoms with Crippen molar-refractivity contribution in [3.8, 4) is 11.3 Å². The molecule has 2 aromatic carbocycles. The standard InChI is InChI=1S/C20H17F2N3O/c21-16-8-4-7-15(20(16)22)13-19(26)24-12-10-18-23-11-9-17(25-18)14-5-2-1-3-6-14/h1-9,11H,10,12-13H2,(H,24,26). The van der Waals surface area contributed by atoms with E-state index in [0.29, 0.717) is 18.8 Å². The second-order valence-corrected chi connectivity index (χ2v) is 5.71. The lowest BCUT2D eigenvalue weighted by Crippen LogP contribution is -2.28. The molecule has 0 saturated carbocycles. The van der Waals surface area contributed by atoms with Crippen LogP contribution in [-0.2, 0) is 17.6 Å². The lowest BCUT2D eigenvalue weighted by atomic mass is 10.1. The molecule has 0 atom stereocenters. The van der Waals surface area contributed by atoms with E-state index in [1.54, 1.807) is 6.20 Å². The fourth-order valence-electron chi connectivity index (χ4n) is 2.52. The van der Waals surface area contributed by atoms with Crippen LogP contribution in [0.2, 0.25) is 0 Å². The van der Waals surface area contributed by atoms with Crippen molar-refractivity contribution in [2.24, 2.45) is 0 Å². The van der Waals surface area contributed by atoms with E-state index in [1.807, 2.05) is 36.4 Å². The van der Waals surface area contributed by atoms with Gasteiger partial charge in [-0.25, -0.2) is 18.7 Å². The fraction of sp³-hybridized carbons (Fsp3) is 0.150. The number of nitrogens with one attached hydrogen (secondary N) is 1. The SMILES string of the molecule is O=C(Cc1cccc(F)c1F)NCCc1nccc(-c2ccccc2)n1. The molecule has 132 valence electrons. The Hall–Kier alpha value is -3.15. The molecule has 0 aliphatic carbocycles. The summed E-state index contributed by atoms with van der Waals surface area (Å²) in [5, 5.41) is 2.68.